The molecule has 2 unspecified atom stereocenters. The minimum absolute atomic E-state index is 0.0447. The quantitative estimate of drug-likeness (QED) is 0.864. The van der Waals surface area contributed by atoms with Gasteiger partial charge in [-0.1, -0.05) is 24.3 Å². The van der Waals surface area contributed by atoms with Gasteiger partial charge in [-0.2, -0.15) is 0 Å². The fourth-order valence-electron chi connectivity index (χ4n) is 2.30. The summed E-state index contributed by atoms with van der Waals surface area (Å²) in [6.45, 7) is 3.07. The van der Waals surface area contributed by atoms with Gasteiger partial charge in [0.05, 0.1) is 19.3 Å². The highest BCUT2D eigenvalue weighted by atomic mass is 16.5. The Labute approximate surface area is 108 Å². The van der Waals surface area contributed by atoms with Crippen LogP contribution >= 0.6 is 0 Å². The van der Waals surface area contributed by atoms with E-state index in [-0.39, 0.29) is 12.2 Å². The number of hydrogen-bond acceptors (Lipinski definition) is 4. The summed E-state index contributed by atoms with van der Waals surface area (Å²) in [5.41, 5.74) is 2.34. The topological polar surface area (TPSA) is 39.7 Å². The molecule has 0 aromatic heterocycles. The zero-order chi connectivity index (χ0) is 12.8. The van der Waals surface area contributed by atoms with Gasteiger partial charge in [0.2, 0.25) is 0 Å². The largest absolute Gasteiger partial charge is 0.382 e. The van der Waals surface area contributed by atoms with E-state index < -0.39 is 0 Å². The fourth-order valence-corrected chi connectivity index (χ4v) is 2.30. The van der Waals surface area contributed by atoms with Crippen LogP contribution in [-0.4, -0.2) is 40.5 Å². The van der Waals surface area contributed by atoms with Gasteiger partial charge in [0.25, 0.3) is 0 Å². The third-order valence-corrected chi connectivity index (χ3v) is 3.22. The van der Waals surface area contributed by atoms with Gasteiger partial charge in [-0.05, 0) is 11.1 Å². The molecule has 2 rings (SSSR count). The van der Waals surface area contributed by atoms with Gasteiger partial charge in [-0.25, -0.2) is 0 Å². The van der Waals surface area contributed by atoms with Crippen LogP contribution in [0.4, 0.5) is 0 Å². The molecule has 4 nitrogen and oxygen atoms in total. The average molecular weight is 251 g/mol. The summed E-state index contributed by atoms with van der Waals surface area (Å²) in [4.78, 5) is 0. The van der Waals surface area contributed by atoms with Crippen LogP contribution in [0.2, 0.25) is 0 Å². The SMILES string of the molecule is COCC(OC)c1ccccc1C1CNCCO1. The summed E-state index contributed by atoms with van der Waals surface area (Å²) in [6.07, 6.45) is 0.0567. The third kappa shape index (κ3) is 3.09. The van der Waals surface area contributed by atoms with E-state index in [1.807, 2.05) is 12.1 Å². The van der Waals surface area contributed by atoms with E-state index >= 15 is 0 Å². The minimum atomic E-state index is -0.0447. The van der Waals surface area contributed by atoms with Crippen molar-refractivity contribution in [3.05, 3.63) is 35.4 Å². The monoisotopic (exact) mass is 251 g/mol. The van der Waals surface area contributed by atoms with Crippen molar-refractivity contribution in [3.63, 3.8) is 0 Å². The van der Waals surface area contributed by atoms with Gasteiger partial charge >= 0.3 is 0 Å². The van der Waals surface area contributed by atoms with Crippen LogP contribution < -0.4 is 5.32 Å². The Bertz CT molecular complexity index is 340. The van der Waals surface area contributed by atoms with Crippen molar-refractivity contribution < 1.29 is 14.2 Å². The van der Waals surface area contributed by atoms with Crippen molar-refractivity contribution in [2.75, 3.05) is 40.5 Å². The third-order valence-electron chi connectivity index (χ3n) is 3.22. The van der Waals surface area contributed by atoms with Crippen LogP contribution in [0.15, 0.2) is 24.3 Å². The zero-order valence-electron chi connectivity index (χ0n) is 11.0. The highest BCUT2D eigenvalue weighted by Gasteiger charge is 2.22. The predicted octanol–water partition coefficient (Wildman–Crippen LogP) is 1.68. The molecule has 0 aliphatic carbocycles. The van der Waals surface area contributed by atoms with Crippen LogP contribution in [0.3, 0.4) is 0 Å². The van der Waals surface area contributed by atoms with Gasteiger partial charge in [0.15, 0.2) is 0 Å². The Kier molecular flexibility index (Phi) is 5.13. The van der Waals surface area contributed by atoms with Crippen molar-refractivity contribution in [1.82, 2.24) is 5.32 Å². The first kappa shape index (κ1) is 13.5. The number of rotatable bonds is 5. The molecule has 0 saturated carbocycles. The Balaban J connectivity index is 2.23. The molecule has 1 aromatic rings. The lowest BCUT2D eigenvalue weighted by atomic mass is 9.97. The van der Waals surface area contributed by atoms with E-state index in [1.54, 1.807) is 14.2 Å². The van der Waals surface area contributed by atoms with Crippen molar-refractivity contribution in [2.45, 2.75) is 12.2 Å². The number of hydrogen-bond donors (Lipinski definition) is 1. The molecule has 1 N–H and O–H groups in total. The molecule has 0 spiro atoms. The second-order valence-corrected chi connectivity index (χ2v) is 4.37. The Morgan fingerprint density at radius 3 is 2.89 bits per heavy atom. The first-order valence-electron chi connectivity index (χ1n) is 6.29. The Morgan fingerprint density at radius 1 is 1.39 bits per heavy atom. The molecule has 0 bridgehead atoms. The van der Waals surface area contributed by atoms with E-state index in [2.05, 4.69) is 17.4 Å². The molecule has 1 fully saturated rings. The maximum Gasteiger partial charge on any atom is 0.106 e. The molecular formula is C14H21NO3. The van der Waals surface area contributed by atoms with Gasteiger partial charge in [-0.3, -0.25) is 0 Å². The summed E-state index contributed by atoms with van der Waals surface area (Å²) in [5, 5.41) is 3.35. The molecule has 1 aliphatic heterocycles. The highest BCUT2D eigenvalue weighted by molar-refractivity contribution is 5.32. The molecule has 1 aliphatic rings. The Hall–Kier alpha value is -0.940. The summed E-state index contributed by atoms with van der Waals surface area (Å²) in [6, 6.07) is 8.25. The van der Waals surface area contributed by atoms with Crippen LogP contribution in [0, 0.1) is 0 Å². The van der Waals surface area contributed by atoms with E-state index in [0.717, 1.165) is 25.3 Å². The van der Waals surface area contributed by atoms with Crippen molar-refractivity contribution in [3.8, 4) is 0 Å². The molecule has 18 heavy (non-hydrogen) atoms. The molecule has 0 amide bonds. The lowest BCUT2D eigenvalue weighted by Gasteiger charge is -2.27. The summed E-state index contributed by atoms with van der Waals surface area (Å²) in [5.74, 6) is 0. The maximum absolute atomic E-state index is 5.82. The fraction of sp³-hybridized carbons (Fsp3) is 0.571. The molecule has 4 heteroatoms. The number of methoxy groups -OCH3 is 2. The van der Waals surface area contributed by atoms with E-state index in [0.29, 0.717) is 6.61 Å². The lowest BCUT2D eigenvalue weighted by molar-refractivity contribution is 0.0125. The molecular weight excluding hydrogens is 230 g/mol. The number of benzene rings is 1. The first-order valence-corrected chi connectivity index (χ1v) is 6.29. The molecule has 1 aromatic carbocycles. The zero-order valence-corrected chi connectivity index (χ0v) is 11.0. The summed E-state index contributed by atoms with van der Waals surface area (Å²) < 4.78 is 16.5. The minimum Gasteiger partial charge on any atom is -0.382 e. The molecule has 2 atom stereocenters. The second kappa shape index (κ2) is 6.85. The van der Waals surface area contributed by atoms with E-state index in [4.69, 9.17) is 14.2 Å². The number of nitrogens with one attached hydrogen (secondary N) is 1. The van der Waals surface area contributed by atoms with Crippen molar-refractivity contribution in [2.24, 2.45) is 0 Å². The molecule has 1 saturated heterocycles. The second-order valence-electron chi connectivity index (χ2n) is 4.37. The molecule has 0 radical (unpaired) electrons. The molecule has 100 valence electrons. The van der Waals surface area contributed by atoms with E-state index in [1.165, 1.54) is 5.56 Å². The predicted molar refractivity (Wildman–Crippen MR) is 69.6 cm³/mol. The van der Waals surface area contributed by atoms with Crippen LogP contribution in [-0.2, 0) is 14.2 Å². The van der Waals surface area contributed by atoms with Crippen molar-refractivity contribution in [1.29, 1.82) is 0 Å². The summed E-state index contributed by atoms with van der Waals surface area (Å²) >= 11 is 0. The maximum atomic E-state index is 5.82. The smallest absolute Gasteiger partial charge is 0.106 e. The summed E-state index contributed by atoms with van der Waals surface area (Å²) in [7, 11) is 3.40. The Morgan fingerprint density at radius 2 is 2.22 bits per heavy atom. The number of ether oxygens (including phenoxy) is 3. The van der Waals surface area contributed by atoms with Gasteiger partial charge in [0, 0.05) is 27.3 Å². The number of morpholine rings is 1. The first-order chi connectivity index (χ1) is 8.86. The van der Waals surface area contributed by atoms with Crippen molar-refractivity contribution >= 4 is 0 Å². The van der Waals surface area contributed by atoms with Gasteiger partial charge in [-0.15, -0.1) is 0 Å². The van der Waals surface area contributed by atoms with Crippen LogP contribution in [0.25, 0.3) is 0 Å². The standard InChI is InChI=1S/C14H21NO3/c1-16-10-14(17-2)12-6-4-3-5-11(12)13-9-15-7-8-18-13/h3-6,13-15H,7-10H2,1-2H3. The normalized spacial score (nSPS) is 21.8. The van der Waals surface area contributed by atoms with Crippen LogP contribution in [0.5, 0.6) is 0 Å². The highest BCUT2D eigenvalue weighted by Crippen LogP contribution is 2.28. The van der Waals surface area contributed by atoms with Gasteiger partial charge < -0.3 is 19.5 Å². The molecule has 1 heterocycles. The van der Waals surface area contributed by atoms with E-state index in [9.17, 15) is 0 Å². The van der Waals surface area contributed by atoms with Crippen LogP contribution in [0.1, 0.15) is 23.3 Å². The average Bonchev–Trinajstić information content (AvgIpc) is 2.46. The van der Waals surface area contributed by atoms with Gasteiger partial charge in [0.1, 0.15) is 6.10 Å². The lowest BCUT2D eigenvalue weighted by Crippen LogP contribution is -2.34.